The molecule has 0 radical (unpaired) electrons. The summed E-state index contributed by atoms with van der Waals surface area (Å²) in [5.74, 6) is 2.10. The van der Waals surface area contributed by atoms with Gasteiger partial charge in [0.15, 0.2) is 11.5 Å². The number of ether oxygens (including phenoxy) is 2. The largest absolute Gasteiger partial charge is 0.486 e. The van der Waals surface area contributed by atoms with Gasteiger partial charge in [0.05, 0.1) is 6.42 Å². The number of aryl methyl sites for hydroxylation is 1. The Morgan fingerprint density at radius 2 is 1.56 bits per heavy atom. The van der Waals surface area contributed by atoms with Gasteiger partial charge in [0.25, 0.3) is 0 Å². The van der Waals surface area contributed by atoms with Crippen LogP contribution < -0.4 is 9.47 Å². The first-order valence-electron chi connectivity index (χ1n) is 10.1. The van der Waals surface area contributed by atoms with Gasteiger partial charge in [-0.25, -0.2) is 0 Å². The van der Waals surface area contributed by atoms with E-state index in [4.69, 9.17) is 9.47 Å². The molecule has 6 nitrogen and oxygen atoms in total. The molecule has 146 valence electrons. The maximum atomic E-state index is 12.8. The fourth-order valence-corrected chi connectivity index (χ4v) is 4.30. The average molecular weight is 372 g/mol. The van der Waals surface area contributed by atoms with Crippen LogP contribution in [0.2, 0.25) is 0 Å². The zero-order valence-corrected chi connectivity index (χ0v) is 16.0. The zero-order chi connectivity index (χ0) is 18.8. The van der Waals surface area contributed by atoms with Gasteiger partial charge in [-0.2, -0.15) is 0 Å². The van der Waals surface area contributed by atoms with Crippen molar-refractivity contribution in [3.8, 4) is 11.5 Å². The Hall–Kier alpha value is -2.24. The molecule has 2 aliphatic heterocycles. The van der Waals surface area contributed by atoms with Crippen LogP contribution in [0, 0.1) is 12.8 Å². The van der Waals surface area contributed by atoms with Crippen LogP contribution in [0.15, 0.2) is 12.1 Å². The Morgan fingerprint density at radius 3 is 2.22 bits per heavy atom. The molecule has 1 saturated carbocycles. The first kappa shape index (κ1) is 18.1. The quantitative estimate of drug-likeness (QED) is 0.816. The summed E-state index contributed by atoms with van der Waals surface area (Å²) < 4.78 is 11.2. The van der Waals surface area contributed by atoms with Crippen LogP contribution in [0.3, 0.4) is 0 Å². The van der Waals surface area contributed by atoms with E-state index in [0.717, 1.165) is 35.5 Å². The molecule has 2 heterocycles. The highest BCUT2D eigenvalue weighted by Crippen LogP contribution is 2.33. The highest BCUT2D eigenvalue weighted by molar-refractivity contribution is 5.81. The predicted octanol–water partition coefficient (Wildman–Crippen LogP) is 2.17. The lowest BCUT2D eigenvalue weighted by Gasteiger charge is -2.36. The number of hydrogen-bond acceptors (Lipinski definition) is 4. The van der Waals surface area contributed by atoms with Crippen molar-refractivity contribution in [3.05, 3.63) is 23.3 Å². The molecular weight excluding hydrogens is 344 g/mol. The van der Waals surface area contributed by atoms with Gasteiger partial charge in [0.1, 0.15) is 13.2 Å². The van der Waals surface area contributed by atoms with E-state index in [1.807, 2.05) is 28.9 Å². The SMILES string of the molecule is Cc1cc2c(cc1CC(=O)N1CCN(C(=O)C3CCCC3)CC1)OCCO2. The highest BCUT2D eigenvalue weighted by Gasteiger charge is 2.30. The van der Waals surface area contributed by atoms with Gasteiger partial charge in [0.2, 0.25) is 11.8 Å². The number of amides is 2. The van der Waals surface area contributed by atoms with Crippen molar-refractivity contribution in [2.45, 2.75) is 39.0 Å². The summed E-state index contributed by atoms with van der Waals surface area (Å²) in [5, 5.41) is 0. The second kappa shape index (κ2) is 7.79. The van der Waals surface area contributed by atoms with Gasteiger partial charge >= 0.3 is 0 Å². The summed E-state index contributed by atoms with van der Waals surface area (Å²) in [6.07, 6.45) is 4.76. The van der Waals surface area contributed by atoms with Crippen LogP contribution in [-0.2, 0) is 16.0 Å². The summed E-state index contributed by atoms with van der Waals surface area (Å²) in [7, 11) is 0. The smallest absolute Gasteiger partial charge is 0.227 e. The normalized spacial score (nSPS) is 20.0. The van der Waals surface area contributed by atoms with Crippen molar-refractivity contribution in [1.29, 1.82) is 0 Å². The second-order valence-electron chi connectivity index (χ2n) is 7.79. The van der Waals surface area contributed by atoms with Crippen LogP contribution >= 0.6 is 0 Å². The molecule has 1 aromatic rings. The number of nitrogens with zero attached hydrogens (tertiary/aromatic N) is 2. The van der Waals surface area contributed by atoms with E-state index >= 15 is 0 Å². The van der Waals surface area contributed by atoms with Gasteiger partial charge < -0.3 is 19.3 Å². The molecule has 0 bridgehead atoms. The molecule has 1 saturated heterocycles. The standard InChI is InChI=1S/C21H28N2O4/c1-15-12-18-19(27-11-10-26-18)13-17(15)14-20(24)22-6-8-23(9-7-22)21(25)16-4-2-3-5-16/h12-13,16H,2-11,14H2,1H3. The van der Waals surface area contributed by atoms with Crippen molar-refractivity contribution in [1.82, 2.24) is 9.80 Å². The number of fused-ring (bicyclic) bond motifs is 1. The van der Waals surface area contributed by atoms with Crippen LogP contribution in [0.25, 0.3) is 0 Å². The second-order valence-corrected chi connectivity index (χ2v) is 7.79. The average Bonchev–Trinajstić information content (AvgIpc) is 3.23. The van der Waals surface area contributed by atoms with Crippen LogP contribution in [0.5, 0.6) is 11.5 Å². The van der Waals surface area contributed by atoms with Gasteiger partial charge in [-0.1, -0.05) is 12.8 Å². The number of benzene rings is 1. The molecule has 1 aromatic carbocycles. The fraction of sp³-hybridized carbons (Fsp3) is 0.619. The van der Waals surface area contributed by atoms with Gasteiger partial charge in [-0.15, -0.1) is 0 Å². The van der Waals surface area contributed by atoms with Crippen molar-refractivity contribution in [3.63, 3.8) is 0 Å². The van der Waals surface area contributed by atoms with E-state index in [2.05, 4.69) is 0 Å². The molecule has 2 fully saturated rings. The van der Waals surface area contributed by atoms with Crippen molar-refractivity contribution in [2.75, 3.05) is 39.4 Å². The molecule has 0 unspecified atom stereocenters. The minimum absolute atomic E-state index is 0.114. The third-order valence-electron chi connectivity index (χ3n) is 5.99. The van der Waals surface area contributed by atoms with Crippen LogP contribution in [-0.4, -0.2) is 61.0 Å². The lowest BCUT2D eigenvalue weighted by molar-refractivity contribution is -0.141. The van der Waals surface area contributed by atoms with E-state index in [-0.39, 0.29) is 11.8 Å². The first-order valence-corrected chi connectivity index (χ1v) is 10.1. The minimum Gasteiger partial charge on any atom is -0.486 e. The van der Waals surface area contributed by atoms with E-state index in [1.165, 1.54) is 12.8 Å². The Bertz CT molecular complexity index is 719. The van der Waals surface area contributed by atoms with Crippen LogP contribution in [0.4, 0.5) is 0 Å². The molecule has 4 rings (SSSR count). The predicted molar refractivity (Wildman–Crippen MR) is 101 cm³/mol. The lowest BCUT2D eigenvalue weighted by Crippen LogP contribution is -2.52. The highest BCUT2D eigenvalue weighted by atomic mass is 16.6. The maximum Gasteiger partial charge on any atom is 0.227 e. The summed E-state index contributed by atoms with van der Waals surface area (Å²) in [5.41, 5.74) is 2.02. The molecular formula is C21H28N2O4. The van der Waals surface area contributed by atoms with E-state index < -0.39 is 0 Å². The number of rotatable bonds is 3. The van der Waals surface area contributed by atoms with E-state index in [9.17, 15) is 9.59 Å². The molecule has 1 aliphatic carbocycles. The molecule has 3 aliphatic rings. The Labute approximate surface area is 160 Å². The first-order chi connectivity index (χ1) is 13.1. The van der Waals surface area contributed by atoms with Crippen molar-refractivity contribution >= 4 is 11.8 Å². The molecule has 6 heteroatoms. The van der Waals surface area contributed by atoms with Gasteiger partial charge in [-0.3, -0.25) is 9.59 Å². The third kappa shape index (κ3) is 3.89. The Balaban J connectivity index is 1.34. The van der Waals surface area contributed by atoms with E-state index in [0.29, 0.717) is 51.7 Å². The summed E-state index contributed by atoms with van der Waals surface area (Å²) >= 11 is 0. The maximum absolute atomic E-state index is 12.8. The van der Waals surface area contributed by atoms with Gasteiger partial charge in [0, 0.05) is 32.1 Å². The molecule has 0 aromatic heterocycles. The Kier molecular flexibility index (Phi) is 5.23. The zero-order valence-electron chi connectivity index (χ0n) is 16.0. The van der Waals surface area contributed by atoms with Crippen molar-refractivity contribution in [2.24, 2.45) is 5.92 Å². The fourth-order valence-electron chi connectivity index (χ4n) is 4.30. The number of piperazine rings is 1. The molecule has 0 spiro atoms. The Morgan fingerprint density at radius 1 is 0.963 bits per heavy atom. The minimum atomic E-state index is 0.114. The van der Waals surface area contributed by atoms with E-state index in [1.54, 1.807) is 0 Å². The summed E-state index contributed by atoms with van der Waals surface area (Å²) in [6.45, 7) is 5.66. The molecule has 0 atom stereocenters. The number of carbonyl (C=O) groups excluding carboxylic acids is 2. The third-order valence-corrected chi connectivity index (χ3v) is 5.99. The molecule has 0 N–H and O–H groups in total. The summed E-state index contributed by atoms with van der Waals surface area (Å²) in [4.78, 5) is 29.2. The van der Waals surface area contributed by atoms with Crippen molar-refractivity contribution < 1.29 is 19.1 Å². The molecule has 2 amide bonds. The lowest BCUT2D eigenvalue weighted by atomic mass is 10.0. The number of carbonyl (C=O) groups is 2. The number of hydrogen-bond donors (Lipinski definition) is 0. The molecule has 27 heavy (non-hydrogen) atoms. The summed E-state index contributed by atoms with van der Waals surface area (Å²) in [6, 6.07) is 3.89. The monoisotopic (exact) mass is 372 g/mol. The topological polar surface area (TPSA) is 59.1 Å². The van der Waals surface area contributed by atoms with Crippen LogP contribution in [0.1, 0.15) is 36.8 Å². The van der Waals surface area contributed by atoms with Gasteiger partial charge in [-0.05, 0) is 43.0 Å².